The van der Waals surface area contributed by atoms with E-state index in [4.69, 9.17) is 0 Å². The maximum atomic E-state index is 12.0. The first kappa shape index (κ1) is 16.9. The fourth-order valence-electron chi connectivity index (χ4n) is 1.73. The van der Waals surface area contributed by atoms with E-state index in [0.29, 0.717) is 17.7 Å². The van der Waals surface area contributed by atoms with Crippen LogP contribution in [0.2, 0.25) is 0 Å². The first-order valence-corrected chi connectivity index (χ1v) is 7.86. The van der Waals surface area contributed by atoms with Crippen molar-refractivity contribution < 1.29 is 9.59 Å². The predicted octanol–water partition coefficient (Wildman–Crippen LogP) is 3.56. The molecule has 23 heavy (non-hydrogen) atoms. The van der Waals surface area contributed by atoms with Crippen LogP contribution in [-0.2, 0) is 4.79 Å². The number of hydrazone groups is 1. The fraction of sp³-hybridized carbons (Fsp3) is 0.118. The van der Waals surface area contributed by atoms with Crippen molar-refractivity contribution in [2.45, 2.75) is 13.3 Å². The Morgan fingerprint density at radius 3 is 2.35 bits per heavy atom. The summed E-state index contributed by atoms with van der Waals surface area (Å²) in [6.45, 7) is 1.78. The zero-order chi connectivity index (χ0) is 16.7. The van der Waals surface area contributed by atoms with Gasteiger partial charge in [0.05, 0.1) is 6.21 Å². The quantitative estimate of drug-likeness (QED) is 0.621. The Morgan fingerprint density at radius 2 is 1.74 bits per heavy atom. The SMILES string of the molecule is CCC(=O)Nc1ccc(C(=O)N/N=C/c2ccc(Br)cc2)cc1. The van der Waals surface area contributed by atoms with Gasteiger partial charge in [0.25, 0.3) is 5.91 Å². The average molecular weight is 374 g/mol. The van der Waals surface area contributed by atoms with Crippen molar-refractivity contribution in [1.29, 1.82) is 0 Å². The first-order valence-electron chi connectivity index (χ1n) is 7.07. The molecule has 2 N–H and O–H groups in total. The Balaban J connectivity index is 1.92. The normalized spacial score (nSPS) is 10.5. The van der Waals surface area contributed by atoms with Crippen LogP contribution in [0.15, 0.2) is 58.1 Å². The van der Waals surface area contributed by atoms with E-state index >= 15 is 0 Å². The number of hydrogen-bond acceptors (Lipinski definition) is 3. The van der Waals surface area contributed by atoms with Crippen molar-refractivity contribution in [3.63, 3.8) is 0 Å². The second kappa shape index (κ2) is 8.24. The Labute approximate surface area is 142 Å². The number of hydrogen-bond donors (Lipinski definition) is 2. The van der Waals surface area contributed by atoms with Gasteiger partial charge in [-0.15, -0.1) is 0 Å². The summed E-state index contributed by atoms with van der Waals surface area (Å²) in [4.78, 5) is 23.2. The summed E-state index contributed by atoms with van der Waals surface area (Å²) in [7, 11) is 0. The Morgan fingerprint density at radius 1 is 1.09 bits per heavy atom. The van der Waals surface area contributed by atoms with Crippen molar-refractivity contribution in [3.05, 3.63) is 64.1 Å². The second-order valence-corrected chi connectivity index (χ2v) is 5.65. The van der Waals surface area contributed by atoms with Crippen molar-refractivity contribution >= 4 is 39.6 Å². The van der Waals surface area contributed by atoms with Gasteiger partial charge in [0.2, 0.25) is 5.91 Å². The third kappa shape index (κ3) is 5.34. The summed E-state index contributed by atoms with van der Waals surface area (Å²) in [5.74, 6) is -0.381. The molecule has 0 saturated heterocycles. The van der Waals surface area contributed by atoms with E-state index in [2.05, 4.69) is 31.8 Å². The van der Waals surface area contributed by atoms with Gasteiger partial charge in [0.1, 0.15) is 0 Å². The van der Waals surface area contributed by atoms with Gasteiger partial charge in [-0.05, 0) is 42.0 Å². The molecule has 0 aliphatic carbocycles. The number of nitrogens with zero attached hydrogens (tertiary/aromatic N) is 1. The molecule has 0 radical (unpaired) electrons. The van der Waals surface area contributed by atoms with Gasteiger partial charge in [-0.3, -0.25) is 9.59 Å². The molecule has 0 aliphatic heterocycles. The highest BCUT2D eigenvalue weighted by molar-refractivity contribution is 9.10. The molecule has 118 valence electrons. The van der Waals surface area contributed by atoms with Crippen molar-refractivity contribution in [2.24, 2.45) is 5.10 Å². The molecule has 0 atom stereocenters. The summed E-state index contributed by atoms with van der Waals surface area (Å²) in [5.41, 5.74) is 4.47. The van der Waals surface area contributed by atoms with Crippen LogP contribution in [0, 0.1) is 0 Å². The lowest BCUT2D eigenvalue weighted by Crippen LogP contribution is -2.17. The van der Waals surface area contributed by atoms with Crippen LogP contribution in [-0.4, -0.2) is 18.0 Å². The molecule has 0 spiro atoms. The largest absolute Gasteiger partial charge is 0.326 e. The molecule has 0 unspecified atom stereocenters. The van der Waals surface area contributed by atoms with Crippen molar-refractivity contribution in [2.75, 3.05) is 5.32 Å². The van der Waals surface area contributed by atoms with Crippen LogP contribution < -0.4 is 10.7 Å². The summed E-state index contributed by atoms with van der Waals surface area (Å²) >= 11 is 3.35. The molecular formula is C17H16BrN3O2. The number of benzene rings is 2. The number of rotatable bonds is 5. The lowest BCUT2D eigenvalue weighted by Gasteiger charge is -2.04. The molecule has 2 aromatic carbocycles. The van der Waals surface area contributed by atoms with Crippen LogP contribution >= 0.6 is 15.9 Å². The van der Waals surface area contributed by atoms with E-state index in [1.54, 1.807) is 37.4 Å². The molecule has 5 nitrogen and oxygen atoms in total. The van der Waals surface area contributed by atoms with Gasteiger partial charge in [-0.2, -0.15) is 5.10 Å². The van der Waals surface area contributed by atoms with Crippen molar-refractivity contribution in [1.82, 2.24) is 5.43 Å². The number of halogens is 1. The maximum absolute atomic E-state index is 12.0. The third-order valence-corrected chi connectivity index (χ3v) is 3.53. The molecule has 0 aliphatic rings. The molecular weight excluding hydrogens is 358 g/mol. The molecule has 0 bridgehead atoms. The Hall–Kier alpha value is -2.47. The minimum Gasteiger partial charge on any atom is -0.326 e. The van der Waals surface area contributed by atoms with Gasteiger partial charge in [0, 0.05) is 22.1 Å². The van der Waals surface area contributed by atoms with Gasteiger partial charge in [0.15, 0.2) is 0 Å². The van der Waals surface area contributed by atoms with E-state index in [1.807, 2.05) is 24.3 Å². The molecule has 0 saturated carbocycles. The zero-order valence-electron chi connectivity index (χ0n) is 12.5. The summed E-state index contributed by atoms with van der Waals surface area (Å²) < 4.78 is 0.980. The lowest BCUT2D eigenvalue weighted by molar-refractivity contribution is -0.115. The minimum atomic E-state index is -0.313. The van der Waals surface area contributed by atoms with E-state index in [1.165, 1.54) is 0 Å². The van der Waals surface area contributed by atoms with Gasteiger partial charge in [-0.1, -0.05) is 35.0 Å². The van der Waals surface area contributed by atoms with Crippen LogP contribution in [0.5, 0.6) is 0 Å². The summed E-state index contributed by atoms with van der Waals surface area (Å²) in [6, 6.07) is 14.2. The fourth-order valence-corrected chi connectivity index (χ4v) is 2.00. The maximum Gasteiger partial charge on any atom is 0.271 e. The average Bonchev–Trinajstić information content (AvgIpc) is 2.57. The number of amides is 2. The summed E-state index contributed by atoms with van der Waals surface area (Å²) in [6.07, 6.45) is 1.98. The predicted molar refractivity (Wildman–Crippen MR) is 94.6 cm³/mol. The van der Waals surface area contributed by atoms with E-state index < -0.39 is 0 Å². The topological polar surface area (TPSA) is 70.6 Å². The molecule has 0 fully saturated rings. The number of carbonyl (C=O) groups excluding carboxylic acids is 2. The number of nitrogens with one attached hydrogen (secondary N) is 2. The van der Waals surface area contributed by atoms with Crippen LogP contribution in [0.4, 0.5) is 5.69 Å². The number of anilines is 1. The zero-order valence-corrected chi connectivity index (χ0v) is 14.1. The second-order valence-electron chi connectivity index (χ2n) is 4.73. The van der Waals surface area contributed by atoms with E-state index in [9.17, 15) is 9.59 Å². The Bertz CT molecular complexity index is 710. The molecule has 6 heteroatoms. The highest BCUT2D eigenvalue weighted by Crippen LogP contribution is 2.10. The molecule has 0 heterocycles. The molecule has 2 rings (SSSR count). The van der Waals surface area contributed by atoms with Crippen molar-refractivity contribution in [3.8, 4) is 0 Å². The molecule has 0 aromatic heterocycles. The molecule has 2 aromatic rings. The minimum absolute atomic E-state index is 0.0682. The highest BCUT2D eigenvalue weighted by Gasteiger charge is 2.05. The van der Waals surface area contributed by atoms with Crippen LogP contribution in [0.3, 0.4) is 0 Å². The highest BCUT2D eigenvalue weighted by atomic mass is 79.9. The van der Waals surface area contributed by atoms with Gasteiger partial charge in [-0.25, -0.2) is 5.43 Å². The summed E-state index contributed by atoms with van der Waals surface area (Å²) in [5, 5.41) is 6.64. The first-order chi connectivity index (χ1) is 11.1. The van der Waals surface area contributed by atoms with E-state index in [-0.39, 0.29) is 11.8 Å². The molecule has 2 amide bonds. The van der Waals surface area contributed by atoms with Crippen LogP contribution in [0.25, 0.3) is 0 Å². The van der Waals surface area contributed by atoms with E-state index in [0.717, 1.165) is 10.0 Å². The number of carbonyl (C=O) groups is 2. The standard InChI is InChI=1S/C17H16BrN3O2/c1-2-16(22)20-15-9-5-13(6-10-15)17(23)21-19-11-12-3-7-14(18)8-4-12/h3-11H,2H2,1H3,(H,20,22)(H,21,23)/b19-11+. The Kier molecular flexibility index (Phi) is 6.05. The monoisotopic (exact) mass is 373 g/mol. The third-order valence-electron chi connectivity index (χ3n) is 3.00. The van der Waals surface area contributed by atoms with Gasteiger partial charge < -0.3 is 5.32 Å². The van der Waals surface area contributed by atoms with Gasteiger partial charge >= 0.3 is 0 Å². The lowest BCUT2D eigenvalue weighted by atomic mass is 10.2. The smallest absolute Gasteiger partial charge is 0.271 e. The van der Waals surface area contributed by atoms with Crippen LogP contribution in [0.1, 0.15) is 29.3 Å².